The molecule has 0 radical (unpaired) electrons. The van der Waals surface area contributed by atoms with Gasteiger partial charge in [0.25, 0.3) is 0 Å². The molecule has 4 nitrogen and oxygen atoms in total. The van der Waals surface area contributed by atoms with Crippen LogP contribution in [0.2, 0.25) is 19.6 Å². The van der Waals surface area contributed by atoms with Gasteiger partial charge in [0, 0.05) is 6.54 Å². The van der Waals surface area contributed by atoms with Gasteiger partial charge < -0.3 is 14.6 Å². The van der Waals surface area contributed by atoms with Crippen LogP contribution in [0.15, 0.2) is 0 Å². The summed E-state index contributed by atoms with van der Waals surface area (Å²) in [7, 11) is -1.62. The van der Waals surface area contributed by atoms with E-state index in [2.05, 4.69) is 24.5 Å². The highest BCUT2D eigenvalue weighted by molar-refractivity contribution is 6.69. The molecule has 5 heteroatoms. The molecule has 0 bridgehead atoms. The summed E-state index contributed by atoms with van der Waals surface area (Å²) in [6, 6.07) is -0.102. The maximum Gasteiger partial charge on any atom is 0.184 e. The Morgan fingerprint density at radius 2 is 1.94 bits per heavy atom. The highest BCUT2D eigenvalue weighted by Gasteiger charge is 2.47. The number of aliphatic hydroxyl groups excluding tert-OH is 2. The summed E-state index contributed by atoms with van der Waals surface area (Å²) < 4.78 is 5.99. The second kappa shape index (κ2) is 4.38. The largest absolute Gasteiger partial charge is 0.411 e. The molecule has 0 aliphatic carbocycles. The quantitative estimate of drug-likeness (QED) is 0.692. The number of fused-ring (bicyclic) bond motifs is 1. The first-order chi connectivity index (χ1) is 7.38. The fraction of sp³-hybridized carbons (Fsp3) is 1.00. The Morgan fingerprint density at radius 3 is 2.50 bits per heavy atom. The van der Waals surface area contributed by atoms with Crippen LogP contribution < -0.4 is 0 Å². The predicted molar refractivity (Wildman–Crippen MR) is 64.8 cm³/mol. The van der Waals surface area contributed by atoms with Crippen molar-refractivity contribution in [2.45, 2.75) is 56.8 Å². The monoisotopic (exact) mass is 245 g/mol. The van der Waals surface area contributed by atoms with Gasteiger partial charge in [-0.25, -0.2) is 0 Å². The standard InChI is InChI=1S/C11H23NO3Si/c1-16(2,3)15-9-7-12-6-4-5-8(13)10(12)11(9)14/h8-11,13-14H,4-7H2,1-3H3/t8-,9-,10-,11-/m1/s1. The van der Waals surface area contributed by atoms with Crippen molar-refractivity contribution < 1.29 is 14.6 Å². The van der Waals surface area contributed by atoms with Crippen LogP contribution in [0.4, 0.5) is 0 Å². The number of hydrogen-bond donors (Lipinski definition) is 2. The highest BCUT2D eigenvalue weighted by atomic mass is 28.4. The summed E-state index contributed by atoms with van der Waals surface area (Å²) in [5.74, 6) is 0. The second-order valence-corrected chi connectivity index (χ2v) is 10.4. The van der Waals surface area contributed by atoms with E-state index < -0.39 is 14.4 Å². The van der Waals surface area contributed by atoms with Gasteiger partial charge >= 0.3 is 0 Å². The Balaban J connectivity index is 2.04. The van der Waals surface area contributed by atoms with E-state index in [-0.39, 0.29) is 18.2 Å². The maximum atomic E-state index is 10.2. The highest BCUT2D eigenvalue weighted by Crippen LogP contribution is 2.30. The van der Waals surface area contributed by atoms with E-state index in [0.717, 1.165) is 25.9 Å². The van der Waals surface area contributed by atoms with Gasteiger partial charge in [-0.15, -0.1) is 0 Å². The van der Waals surface area contributed by atoms with E-state index in [9.17, 15) is 10.2 Å². The topological polar surface area (TPSA) is 52.9 Å². The smallest absolute Gasteiger partial charge is 0.184 e. The summed E-state index contributed by atoms with van der Waals surface area (Å²) >= 11 is 0. The molecule has 0 amide bonds. The average molecular weight is 245 g/mol. The molecular weight excluding hydrogens is 222 g/mol. The van der Waals surface area contributed by atoms with Crippen molar-refractivity contribution in [3.8, 4) is 0 Å². The van der Waals surface area contributed by atoms with Crippen LogP contribution in [0.5, 0.6) is 0 Å². The Labute approximate surface area is 98.3 Å². The molecule has 2 heterocycles. The number of nitrogens with zero attached hydrogens (tertiary/aromatic N) is 1. The number of piperidine rings is 1. The zero-order chi connectivity index (χ0) is 11.9. The first-order valence-electron chi connectivity index (χ1n) is 6.16. The van der Waals surface area contributed by atoms with E-state index >= 15 is 0 Å². The molecule has 94 valence electrons. The van der Waals surface area contributed by atoms with Crippen molar-refractivity contribution in [2.75, 3.05) is 13.1 Å². The average Bonchev–Trinajstić information content (AvgIpc) is 2.42. The molecule has 2 N–H and O–H groups in total. The zero-order valence-corrected chi connectivity index (χ0v) is 11.4. The molecule has 2 fully saturated rings. The van der Waals surface area contributed by atoms with E-state index in [1.54, 1.807) is 0 Å². The maximum absolute atomic E-state index is 10.2. The number of hydrogen-bond acceptors (Lipinski definition) is 4. The summed E-state index contributed by atoms with van der Waals surface area (Å²) in [6.07, 6.45) is 0.799. The Hall–Kier alpha value is 0.0569. The summed E-state index contributed by atoms with van der Waals surface area (Å²) in [5.41, 5.74) is 0. The van der Waals surface area contributed by atoms with E-state index in [1.165, 1.54) is 0 Å². The molecule has 2 aliphatic heterocycles. The third-order valence-corrected chi connectivity index (χ3v) is 4.42. The third-order valence-electron chi connectivity index (χ3n) is 3.41. The van der Waals surface area contributed by atoms with E-state index in [4.69, 9.17) is 4.43 Å². The van der Waals surface area contributed by atoms with Crippen LogP contribution in [0.25, 0.3) is 0 Å². The summed E-state index contributed by atoms with van der Waals surface area (Å²) in [6.45, 7) is 8.14. The zero-order valence-electron chi connectivity index (χ0n) is 10.4. The number of rotatable bonds is 2. The first-order valence-corrected chi connectivity index (χ1v) is 9.57. The van der Waals surface area contributed by atoms with Crippen LogP contribution in [0, 0.1) is 0 Å². The molecule has 4 atom stereocenters. The van der Waals surface area contributed by atoms with Crippen molar-refractivity contribution in [3.05, 3.63) is 0 Å². The molecule has 2 aliphatic rings. The van der Waals surface area contributed by atoms with Crippen molar-refractivity contribution >= 4 is 8.32 Å². The fourth-order valence-corrected chi connectivity index (χ4v) is 3.97. The van der Waals surface area contributed by atoms with Gasteiger partial charge in [-0.1, -0.05) is 0 Å². The Kier molecular flexibility index (Phi) is 3.43. The van der Waals surface area contributed by atoms with Crippen LogP contribution in [0.3, 0.4) is 0 Å². The van der Waals surface area contributed by atoms with Crippen molar-refractivity contribution in [2.24, 2.45) is 0 Å². The van der Waals surface area contributed by atoms with Gasteiger partial charge in [0.1, 0.15) is 0 Å². The first kappa shape index (κ1) is 12.5. The molecule has 0 saturated carbocycles. The SMILES string of the molecule is C[Si](C)(C)O[C@@H]1CN2CCC[C@@H](O)[C@@H]2[C@@H]1O. The minimum absolute atomic E-state index is 0.102. The summed E-state index contributed by atoms with van der Waals surface area (Å²) in [4.78, 5) is 2.18. The molecule has 2 rings (SSSR count). The lowest BCUT2D eigenvalue weighted by atomic mass is 9.97. The minimum Gasteiger partial charge on any atom is -0.411 e. The molecule has 0 spiro atoms. The van der Waals surface area contributed by atoms with Gasteiger partial charge in [-0.3, -0.25) is 4.90 Å². The molecule has 16 heavy (non-hydrogen) atoms. The normalized spacial score (nSPS) is 41.1. The Bertz CT molecular complexity index is 256. The predicted octanol–water partition coefficient (Wildman–Crippen LogP) is 0.406. The second-order valence-electron chi connectivity index (χ2n) is 5.95. The van der Waals surface area contributed by atoms with Gasteiger partial charge in [0.15, 0.2) is 8.32 Å². The van der Waals surface area contributed by atoms with Crippen LogP contribution in [-0.2, 0) is 4.43 Å². The fourth-order valence-electron chi connectivity index (χ4n) is 2.84. The summed E-state index contributed by atoms with van der Waals surface area (Å²) in [5, 5.41) is 20.1. The van der Waals surface area contributed by atoms with Crippen molar-refractivity contribution in [3.63, 3.8) is 0 Å². The van der Waals surface area contributed by atoms with E-state index in [0.29, 0.717) is 0 Å². The van der Waals surface area contributed by atoms with Crippen LogP contribution >= 0.6 is 0 Å². The molecule has 0 aromatic carbocycles. The van der Waals surface area contributed by atoms with Gasteiger partial charge in [0.05, 0.1) is 24.4 Å². The minimum atomic E-state index is -1.62. The molecular formula is C11H23NO3Si. The number of aliphatic hydroxyl groups is 2. The van der Waals surface area contributed by atoms with Crippen LogP contribution in [0.1, 0.15) is 12.8 Å². The van der Waals surface area contributed by atoms with Gasteiger partial charge in [-0.05, 0) is 39.0 Å². The van der Waals surface area contributed by atoms with E-state index in [1.807, 2.05) is 0 Å². The molecule has 2 saturated heterocycles. The van der Waals surface area contributed by atoms with Gasteiger partial charge in [-0.2, -0.15) is 0 Å². The van der Waals surface area contributed by atoms with Crippen LogP contribution in [-0.4, -0.2) is 60.9 Å². The van der Waals surface area contributed by atoms with Crippen molar-refractivity contribution in [1.82, 2.24) is 4.90 Å². The molecule has 0 aromatic heterocycles. The lowest BCUT2D eigenvalue weighted by molar-refractivity contribution is -0.0257. The lowest BCUT2D eigenvalue weighted by Crippen LogP contribution is -2.49. The third kappa shape index (κ3) is 2.48. The Morgan fingerprint density at radius 1 is 1.25 bits per heavy atom. The molecule has 0 unspecified atom stereocenters. The molecule has 0 aromatic rings. The lowest BCUT2D eigenvalue weighted by Gasteiger charge is -2.34. The van der Waals surface area contributed by atoms with Gasteiger partial charge in [0.2, 0.25) is 0 Å². The van der Waals surface area contributed by atoms with Crippen molar-refractivity contribution in [1.29, 1.82) is 0 Å².